The molecule has 2 amide bonds. The molecule has 1 fully saturated rings. The molecule has 1 heterocycles. The van der Waals surface area contributed by atoms with Crippen molar-refractivity contribution in [2.24, 2.45) is 0 Å². The van der Waals surface area contributed by atoms with Gasteiger partial charge in [0.25, 0.3) is 0 Å². The van der Waals surface area contributed by atoms with Crippen LogP contribution in [0.4, 0.5) is 11.4 Å². The number of anilines is 2. The summed E-state index contributed by atoms with van der Waals surface area (Å²) in [5.74, 6) is -0.313. The number of hydrogen-bond donors (Lipinski definition) is 1. The number of hydrogen-bond acceptors (Lipinski definition) is 3. The largest absolute Gasteiger partial charge is 0.372 e. The van der Waals surface area contributed by atoms with Crippen LogP contribution < -0.4 is 15.1 Å². The highest BCUT2D eigenvalue weighted by Crippen LogP contribution is 2.24. The quantitative estimate of drug-likeness (QED) is 0.855. The van der Waals surface area contributed by atoms with Gasteiger partial charge in [0.1, 0.15) is 6.54 Å². The van der Waals surface area contributed by atoms with Gasteiger partial charge in [-0.15, -0.1) is 0 Å². The molecule has 0 spiro atoms. The maximum atomic E-state index is 12.4. The molecule has 142 valence electrons. The van der Waals surface area contributed by atoms with Gasteiger partial charge in [-0.25, -0.2) is 0 Å². The van der Waals surface area contributed by atoms with E-state index in [1.54, 1.807) is 0 Å². The Kier molecular flexibility index (Phi) is 6.12. The first-order valence-corrected chi connectivity index (χ1v) is 9.49. The Morgan fingerprint density at radius 2 is 1.70 bits per heavy atom. The lowest BCUT2D eigenvalue weighted by atomic mass is 10.1. The first-order chi connectivity index (χ1) is 13.0. The van der Waals surface area contributed by atoms with Gasteiger partial charge in [-0.1, -0.05) is 24.3 Å². The summed E-state index contributed by atoms with van der Waals surface area (Å²) in [6, 6.07) is 15.8. The van der Waals surface area contributed by atoms with Crippen LogP contribution in [-0.4, -0.2) is 31.4 Å². The van der Waals surface area contributed by atoms with Gasteiger partial charge >= 0.3 is 0 Å². The zero-order valence-corrected chi connectivity index (χ0v) is 16.1. The molecular formula is C22H27N3O2. The van der Waals surface area contributed by atoms with E-state index in [1.165, 1.54) is 30.4 Å². The van der Waals surface area contributed by atoms with E-state index in [-0.39, 0.29) is 18.4 Å². The van der Waals surface area contributed by atoms with Crippen molar-refractivity contribution in [3.63, 3.8) is 0 Å². The summed E-state index contributed by atoms with van der Waals surface area (Å²) in [5.41, 5.74) is 4.13. The number of benzene rings is 2. The topological polar surface area (TPSA) is 52.7 Å². The fourth-order valence-electron chi connectivity index (χ4n) is 3.40. The van der Waals surface area contributed by atoms with Crippen LogP contribution in [-0.2, 0) is 16.1 Å². The van der Waals surface area contributed by atoms with Gasteiger partial charge < -0.3 is 15.1 Å². The van der Waals surface area contributed by atoms with Crippen LogP contribution in [0.5, 0.6) is 0 Å². The maximum Gasteiger partial charge on any atom is 0.240 e. The predicted octanol–water partition coefficient (Wildman–Crippen LogP) is 3.26. The van der Waals surface area contributed by atoms with E-state index in [9.17, 15) is 9.59 Å². The van der Waals surface area contributed by atoms with Gasteiger partial charge in [0.2, 0.25) is 11.8 Å². The minimum atomic E-state index is -0.169. The van der Waals surface area contributed by atoms with Crippen molar-refractivity contribution in [3.05, 3.63) is 59.7 Å². The molecule has 5 nitrogen and oxygen atoms in total. The van der Waals surface area contributed by atoms with Gasteiger partial charge in [0, 0.05) is 37.9 Å². The van der Waals surface area contributed by atoms with Gasteiger partial charge in [-0.2, -0.15) is 0 Å². The Hall–Kier alpha value is -2.82. The molecule has 27 heavy (non-hydrogen) atoms. The van der Waals surface area contributed by atoms with E-state index in [2.05, 4.69) is 10.2 Å². The number of carbonyl (C=O) groups is 2. The molecule has 0 aromatic heterocycles. The van der Waals surface area contributed by atoms with Crippen molar-refractivity contribution in [1.29, 1.82) is 0 Å². The summed E-state index contributed by atoms with van der Waals surface area (Å²) in [6.07, 6.45) is 2.45. The first-order valence-electron chi connectivity index (χ1n) is 9.49. The highest BCUT2D eigenvalue weighted by atomic mass is 16.2. The molecule has 1 aliphatic heterocycles. The number of rotatable bonds is 6. The second kappa shape index (κ2) is 8.71. The second-order valence-corrected chi connectivity index (χ2v) is 7.02. The van der Waals surface area contributed by atoms with Crippen LogP contribution in [0, 0.1) is 6.92 Å². The number of aryl methyl sites for hydroxylation is 1. The minimum absolute atomic E-state index is 0.0181. The molecule has 1 aliphatic rings. The minimum Gasteiger partial charge on any atom is -0.372 e. The van der Waals surface area contributed by atoms with Gasteiger partial charge in [0.05, 0.1) is 0 Å². The molecule has 5 heteroatoms. The van der Waals surface area contributed by atoms with Crippen LogP contribution in [0.1, 0.15) is 30.9 Å². The fraction of sp³-hybridized carbons (Fsp3) is 0.364. The van der Waals surface area contributed by atoms with E-state index in [0.717, 1.165) is 29.9 Å². The van der Waals surface area contributed by atoms with Crippen molar-refractivity contribution >= 4 is 23.2 Å². The van der Waals surface area contributed by atoms with E-state index < -0.39 is 0 Å². The van der Waals surface area contributed by atoms with Crippen LogP contribution in [0.15, 0.2) is 48.5 Å². The van der Waals surface area contributed by atoms with Crippen LogP contribution in [0.3, 0.4) is 0 Å². The van der Waals surface area contributed by atoms with Crippen LogP contribution >= 0.6 is 0 Å². The van der Waals surface area contributed by atoms with E-state index in [0.29, 0.717) is 6.54 Å². The van der Waals surface area contributed by atoms with Crippen molar-refractivity contribution in [2.75, 3.05) is 29.4 Å². The van der Waals surface area contributed by atoms with Crippen molar-refractivity contribution in [3.8, 4) is 0 Å². The highest BCUT2D eigenvalue weighted by Gasteiger charge is 2.17. The molecule has 2 aromatic rings. The van der Waals surface area contributed by atoms with E-state index in [1.807, 2.05) is 55.5 Å². The normalized spacial score (nSPS) is 13.5. The van der Waals surface area contributed by atoms with Crippen LogP contribution in [0.2, 0.25) is 0 Å². The average Bonchev–Trinajstić information content (AvgIpc) is 3.20. The molecule has 0 atom stereocenters. The number of nitrogens with one attached hydrogen (secondary N) is 1. The Morgan fingerprint density at radius 1 is 1.04 bits per heavy atom. The monoisotopic (exact) mass is 365 g/mol. The molecule has 1 N–H and O–H groups in total. The summed E-state index contributed by atoms with van der Waals surface area (Å²) in [4.78, 5) is 28.3. The third kappa shape index (κ3) is 4.88. The standard InChI is InChI=1S/C22H27N3O2/c1-17-7-3-4-8-19(17)15-23-22(27)16-25(18(2)26)21-11-9-20(10-12-21)24-13-5-6-14-24/h3-4,7-12H,5-6,13-16H2,1-2H3,(H,23,27). The fourth-order valence-corrected chi connectivity index (χ4v) is 3.40. The summed E-state index contributed by atoms with van der Waals surface area (Å²) in [6.45, 7) is 6.15. The molecule has 0 saturated carbocycles. The summed E-state index contributed by atoms with van der Waals surface area (Å²) < 4.78 is 0. The smallest absolute Gasteiger partial charge is 0.240 e. The molecule has 0 bridgehead atoms. The number of nitrogens with zero attached hydrogens (tertiary/aromatic N) is 2. The van der Waals surface area contributed by atoms with Gasteiger partial charge in [-0.05, 0) is 55.2 Å². The maximum absolute atomic E-state index is 12.4. The zero-order chi connectivity index (χ0) is 19.2. The SMILES string of the molecule is CC(=O)N(CC(=O)NCc1ccccc1C)c1ccc(N2CCCC2)cc1. The van der Waals surface area contributed by atoms with E-state index >= 15 is 0 Å². The third-order valence-electron chi connectivity index (χ3n) is 5.05. The Labute approximate surface area is 161 Å². The van der Waals surface area contributed by atoms with Crippen molar-refractivity contribution < 1.29 is 9.59 Å². The molecule has 3 rings (SSSR count). The Morgan fingerprint density at radius 3 is 2.33 bits per heavy atom. The third-order valence-corrected chi connectivity index (χ3v) is 5.05. The summed E-state index contributed by atoms with van der Waals surface area (Å²) in [7, 11) is 0. The lowest BCUT2D eigenvalue weighted by molar-refractivity contribution is -0.123. The lowest BCUT2D eigenvalue weighted by Crippen LogP contribution is -2.39. The van der Waals surface area contributed by atoms with Crippen molar-refractivity contribution in [1.82, 2.24) is 5.32 Å². The summed E-state index contributed by atoms with van der Waals surface area (Å²) >= 11 is 0. The zero-order valence-electron chi connectivity index (χ0n) is 16.1. The van der Waals surface area contributed by atoms with Crippen molar-refractivity contribution in [2.45, 2.75) is 33.2 Å². The molecule has 0 unspecified atom stereocenters. The van der Waals surface area contributed by atoms with Crippen LogP contribution in [0.25, 0.3) is 0 Å². The average molecular weight is 365 g/mol. The Balaban J connectivity index is 1.62. The number of amides is 2. The molecule has 0 radical (unpaired) electrons. The summed E-state index contributed by atoms with van der Waals surface area (Å²) in [5, 5.41) is 2.91. The molecular weight excluding hydrogens is 338 g/mol. The number of carbonyl (C=O) groups excluding carboxylic acids is 2. The first kappa shape index (κ1) is 19.0. The molecule has 2 aromatic carbocycles. The molecule has 0 aliphatic carbocycles. The Bertz CT molecular complexity index is 795. The highest BCUT2D eigenvalue weighted by molar-refractivity contribution is 5.97. The second-order valence-electron chi connectivity index (χ2n) is 7.02. The predicted molar refractivity (Wildman–Crippen MR) is 109 cm³/mol. The lowest BCUT2D eigenvalue weighted by Gasteiger charge is -2.23. The van der Waals surface area contributed by atoms with Gasteiger partial charge in [-0.3, -0.25) is 9.59 Å². The molecule has 1 saturated heterocycles. The van der Waals surface area contributed by atoms with Gasteiger partial charge in [0.15, 0.2) is 0 Å². The van der Waals surface area contributed by atoms with E-state index in [4.69, 9.17) is 0 Å².